The maximum absolute atomic E-state index is 9.55. The van der Waals surface area contributed by atoms with Crippen LogP contribution in [0, 0.1) is 0 Å². The van der Waals surface area contributed by atoms with Gasteiger partial charge >= 0.3 is 0 Å². The number of phenols is 1. The molecule has 3 heteroatoms. The number of nitrogens with two attached hydrogens (primary N) is 1. The van der Waals surface area contributed by atoms with E-state index in [1.54, 1.807) is 18.3 Å². The van der Waals surface area contributed by atoms with Gasteiger partial charge in [0.1, 0.15) is 11.6 Å². The fraction of sp³-hybridized carbons (Fsp3) is 0.308. The minimum absolute atomic E-state index is 0.0211. The van der Waals surface area contributed by atoms with Crippen molar-refractivity contribution in [2.75, 3.05) is 5.73 Å². The second-order valence-corrected chi connectivity index (χ2v) is 5.04. The normalized spacial score (nSPS) is 11.9. The molecule has 0 saturated heterocycles. The van der Waals surface area contributed by atoms with E-state index in [-0.39, 0.29) is 11.2 Å². The van der Waals surface area contributed by atoms with Crippen molar-refractivity contribution in [2.45, 2.75) is 26.2 Å². The summed E-state index contributed by atoms with van der Waals surface area (Å²) in [5, 5.41) is 11.4. The van der Waals surface area contributed by atoms with Crippen LogP contribution >= 0.6 is 0 Å². The van der Waals surface area contributed by atoms with Crippen LogP contribution in [-0.2, 0) is 5.41 Å². The number of pyridine rings is 1. The van der Waals surface area contributed by atoms with E-state index in [9.17, 15) is 5.11 Å². The van der Waals surface area contributed by atoms with E-state index in [1.165, 1.54) is 0 Å². The first kappa shape index (κ1) is 10.7. The highest BCUT2D eigenvalue weighted by Crippen LogP contribution is 2.33. The fourth-order valence-corrected chi connectivity index (χ4v) is 1.85. The molecule has 84 valence electrons. The summed E-state index contributed by atoms with van der Waals surface area (Å²) in [7, 11) is 0. The van der Waals surface area contributed by atoms with Crippen molar-refractivity contribution in [1.82, 2.24) is 4.98 Å². The topological polar surface area (TPSA) is 59.1 Å². The van der Waals surface area contributed by atoms with E-state index in [4.69, 9.17) is 5.73 Å². The zero-order chi connectivity index (χ0) is 11.9. The zero-order valence-electron chi connectivity index (χ0n) is 9.78. The Bertz CT molecular complexity index is 541. The number of benzene rings is 1. The molecule has 0 saturated carbocycles. The maximum atomic E-state index is 9.55. The summed E-state index contributed by atoms with van der Waals surface area (Å²) < 4.78 is 0. The number of aromatic nitrogens is 1. The Balaban J connectivity index is 2.86. The van der Waals surface area contributed by atoms with Gasteiger partial charge in [0.15, 0.2) is 0 Å². The van der Waals surface area contributed by atoms with Crippen molar-refractivity contribution < 1.29 is 5.11 Å². The molecule has 1 aromatic heterocycles. The minimum atomic E-state index is -0.0211. The van der Waals surface area contributed by atoms with E-state index < -0.39 is 0 Å². The molecule has 0 fully saturated rings. The first-order chi connectivity index (χ1) is 7.39. The summed E-state index contributed by atoms with van der Waals surface area (Å²) in [5.41, 5.74) is 6.89. The van der Waals surface area contributed by atoms with Gasteiger partial charge in [-0.15, -0.1) is 0 Å². The summed E-state index contributed by atoms with van der Waals surface area (Å²) in [6.07, 6.45) is 1.79. The maximum Gasteiger partial charge on any atom is 0.131 e. The number of rotatable bonds is 0. The smallest absolute Gasteiger partial charge is 0.131 e. The second-order valence-electron chi connectivity index (χ2n) is 5.04. The molecule has 3 nitrogen and oxygen atoms in total. The van der Waals surface area contributed by atoms with Crippen molar-refractivity contribution in [1.29, 1.82) is 0 Å². The lowest BCUT2D eigenvalue weighted by Crippen LogP contribution is -2.12. The van der Waals surface area contributed by atoms with Crippen LogP contribution in [0.2, 0.25) is 0 Å². The highest BCUT2D eigenvalue weighted by Gasteiger charge is 2.18. The third-order valence-corrected chi connectivity index (χ3v) is 2.71. The summed E-state index contributed by atoms with van der Waals surface area (Å²) in [6.45, 7) is 6.34. The standard InChI is InChI=1S/C13H16N2O/c1-13(2,3)11-7-15-12(14)9-5-4-8(16)6-10(9)11/h4-7,16H,1-3H3,(H2,14,15). The van der Waals surface area contributed by atoms with Crippen LogP contribution in [0.3, 0.4) is 0 Å². The Labute approximate surface area is 94.9 Å². The van der Waals surface area contributed by atoms with Gasteiger partial charge in [-0.2, -0.15) is 0 Å². The van der Waals surface area contributed by atoms with E-state index >= 15 is 0 Å². The molecule has 1 aromatic carbocycles. The predicted molar refractivity (Wildman–Crippen MR) is 66.5 cm³/mol. The van der Waals surface area contributed by atoms with Gasteiger partial charge in [-0.3, -0.25) is 0 Å². The largest absolute Gasteiger partial charge is 0.508 e. The van der Waals surface area contributed by atoms with Crippen molar-refractivity contribution >= 4 is 16.6 Å². The van der Waals surface area contributed by atoms with Gasteiger partial charge in [-0.05, 0) is 34.6 Å². The molecule has 0 radical (unpaired) electrons. The van der Waals surface area contributed by atoms with Gasteiger partial charge < -0.3 is 10.8 Å². The Morgan fingerprint density at radius 2 is 1.88 bits per heavy atom. The number of nitrogen functional groups attached to an aromatic ring is 1. The van der Waals surface area contributed by atoms with Crippen molar-refractivity contribution in [3.63, 3.8) is 0 Å². The Morgan fingerprint density at radius 3 is 2.50 bits per heavy atom. The third-order valence-electron chi connectivity index (χ3n) is 2.71. The molecule has 0 bridgehead atoms. The SMILES string of the molecule is CC(C)(C)c1cnc(N)c2ccc(O)cc12. The van der Waals surface area contributed by atoms with Gasteiger partial charge in [-0.1, -0.05) is 20.8 Å². The van der Waals surface area contributed by atoms with Crippen LogP contribution in [0.25, 0.3) is 10.8 Å². The zero-order valence-corrected chi connectivity index (χ0v) is 9.78. The van der Waals surface area contributed by atoms with Crippen molar-refractivity contribution in [2.24, 2.45) is 0 Å². The van der Waals surface area contributed by atoms with Crippen LogP contribution in [-0.4, -0.2) is 10.1 Å². The first-order valence-corrected chi connectivity index (χ1v) is 5.27. The molecule has 3 N–H and O–H groups in total. The molecule has 0 amide bonds. The van der Waals surface area contributed by atoms with Crippen molar-refractivity contribution in [3.8, 4) is 5.75 Å². The number of aromatic hydroxyl groups is 1. The number of hydrogen-bond acceptors (Lipinski definition) is 3. The average molecular weight is 216 g/mol. The molecule has 2 rings (SSSR count). The van der Waals surface area contributed by atoms with E-state index in [1.807, 2.05) is 6.07 Å². The number of fused-ring (bicyclic) bond motifs is 1. The minimum Gasteiger partial charge on any atom is -0.508 e. The summed E-state index contributed by atoms with van der Waals surface area (Å²) in [4.78, 5) is 4.20. The van der Waals surface area contributed by atoms with Gasteiger partial charge in [0.25, 0.3) is 0 Å². The molecular weight excluding hydrogens is 200 g/mol. The van der Waals surface area contributed by atoms with Crippen molar-refractivity contribution in [3.05, 3.63) is 30.0 Å². The van der Waals surface area contributed by atoms with Crippen LogP contribution in [0.1, 0.15) is 26.3 Å². The van der Waals surface area contributed by atoms with Crippen LogP contribution in [0.15, 0.2) is 24.4 Å². The average Bonchev–Trinajstić information content (AvgIpc) is 2.15. The first-order valence-electron chi connectivity index (χ1n) is 5.27. The highest BCUT2D eigenvalue weighted by atomic mass is 16.3. The van der Waals surface area contributed by atoms with Crippen LogP contribution in [0.5, 0.6) is 5.75 Å². The lowest BCUT2D eigenvalue weighted by Gasteiger charge is -2.21. The summed E-state index contributed by atoms with van der Waals surface area (Å²) in [6, 6.07) is 5.18. The lowest BCUT2D eigenvalue weighted by atomic mass is 9.85. The van der Waals surface area contributed by atoms with Gasteiger partial charge in [0, 0.05) is 11.6 Å². The Hall–Kier alpha value is -1.77. The molecule has 0 aliphatic carbocycles. The fourth-order valence-electron chi connectivity index (χ4n) is 1.85. The van der Waals surface area contributed by atoms with Gasteiger partial charge in [0.05, 0.1) is 0 Å². The summed E-state index contributed by atoms with van der Waals surface area (Å²) in [5.74, 6) is 0.756. The molecule has 0 unspecified atom stereocenters. The van der Waals surface area contributed by atoms with Gasteiger partial charge in [0.2, 0.25) is 0 Å². The molecule has 0 atom stereocenters. The Morgan fingerprint density at radius 1 is 1.19 bits per heavy atom. The molecule has 16 heavy (non-hydrogen) atoms. The Kier molecular flexibility index (Phi) is 2.26. The van der Waals surface area contributed by atoms with E-state index in [0.717, 1.165) is 16.3 Å². The number of nitrogens with zero attached hydrogens (tertiary/aromatic N) is 1. The molecule has 0 aliphatic heterocycles. The van der Waals surface area contributed by atoms with E-state index in [0.29, 0.717) is 5.82 Å². The molecule has 0 aliphatic rings. The van der Waals surface area contributed by atoms with Crippen LogP contribution in [0.4, 0.5) is 5.82 Å². The predicted octanol–water partition coefficient (Wildman–Crippen LogP) is 2.82. The third kappa shape index (κ3) is 1.69. The quantitative estimate of drug-likeness (QED) is 0.712. The second kappa shape index (κ2) is 3.37. The highest BCUT2D eigenvalue weighted by molar-refractivity contribution is 5.94. The van der Waals surface area contributed by atoms with E-state index in [2.05, 4.69) is 25.8 Å². The molecule has 2 aromatic rings. The van der Waals surface area contributed by atoms with Crippen LogP contribution < -0.4 is 5.73 Å². The number of anilines is 1. The summed E-state index contributed by atoms with van der Waals surface area (Å²) >= 11 is 0. The number of hydrogen-bond donors (Lipinski definition) is 2. The number of phenolic OH excluding ortho intramolecular Hbond substituents is 1. The molecule has 1 heterocycles. The van der Waals surface area contributed by atoms with Gasteiger partial charge in [-0.25, -0.2) is 4.98 Å². The molecule has 0 spiro atoms. The lowest BCUT2D eigenvalue weighted by molar-refractivity contribution is 0.476. The molecular formula is C13H16N2O. The monoisotopic (exact) mass is 216 g/mol.